The molecule has 1 aromatic heterocycles. The van der Waals surface area contributed by atoms with Crippen LogP contribution in [0.3, 0.4) is 0 Å². The monoisotopic (exact) mass is 307 g/mol. The Kier molecular flexibility index (Phi) is 4.20. The Hall–Kier alpha value is -2.55. The molecule has 0 aliphatic carbocycles. The molecular formula is C20H21NO2. The molecule has 1 heterocycles. The largest absolute Gasteiger partial charge is 0.493 e. The highest BCUT2D eigenvalue weighted by Gasteiger charge is 2.13. The minimum Gasteiger partial charge on any atom is -0.493 e. The Morgan fingerprint density at radius 3 is 2.30 bits per heavy atom. The number of ether oxygens (including phenoxy) is 1. The van der Waals surface area contributed by atoms with Gasteiger partial charge in [0.1, 0.15) is 17.3 Å². The lowest BCUT2D eigenvalue weighted by Gasteiger charge is -2.01. The molecule has 0 bridgehead atoms. The summed E-state index contributed by atoms with van der Waals surface area (Å²) in [4.78, 5) is 4.81. The van der Waals surface area contributed by atoms with Crippen LogP contribution in [-0.2, 0) is 0 Å². The fourth-order valence-electron chi connectivity index (χ4n) is 2.81. The van der Waals surface area contributed by atoms with E-state index >= 15 is 0 Å². The molecule has 3 aromatic rings. The minimum absolute atomic E-state index is 0.618. The lowest BCUT2D eigenvalue weighted by molar-refractivity contribution is 0.344. The average Bonchev–Trinajstić information content (AvgIpc) is 2.70. The molecule has 0 saturated heterocycles. The van der Waals surface area contributed by atoms with E-state index in [1.165, 1.54) is 5.56 Å². The maximum absolute atomic E-state index is 5.85. The van der Waals surface area contributed by atoms with Crippen molar-refractivity contribution in [2.45, 2.75) is 27.7 Å². The molecule has 3 rings (SSSR count). The van der Waals surface area contributed by atoms with Gasteiger partial charge in [-0.2, -0.15) is 0 Å². The topological polar surface area (TPSA) is 34.7 Å². The molecule has 0 atom stereocenters. The second-order valence-corrected chi connectivity index (χ2v) is 5.62. The average molecular weight is 307 g/mol. The van der Waals surface area contributed by atoms with Crippen LogP contribution in [0, 0.1) is 20.8 Å². The predicted molar refractivity (Wildman–Crippen MR) is 93.3 cm³/mol. The van der Waals surface area contributed by atoms with E-state index in [4.69, 9.17) is 14.1 Å². The van der Waals surface area contributed by atoms with Crippen LogP contribution in [-0.4, -0.2) is 6.61 Å². The Bertz CT molecular complexity index is 905. The smallest absolute Gasteiger partial charge is 0.130 e. The first kappa shape index (κ1) is 15.3. The van der Waals surface area contributed by atoms with Gasteiger partial charge in [0.15, 0.2) is 0 Å². The van der Waals surface area contributed by atoms with Gasteiger partial charge >= 0.3 is 0 Å². The van der Waals surface area contributed by atoms with Gasteiger partial charge in [0.25, 0.3) is 0 Å². The van der Waals surface area contributed by atoms with Gasteiger partial charge in [-0.3, -0.25) is 0 Å². The number of nitrogens with zero attached hydrogens (tertiary/aromatic N) is 1. The van der Waals surface area contributed by atoms with E-state index in [2.05, 4.69) is 19.1 Å². The molecular weight excluding hydrogens is 286 g/mol. The van der Waals surface area contributed by atoms with Crippen LogP contribution < -0.4 is 10.1 Å². The highest BCUT2D eigenvalue weighted by Crippen LogP contribution is 2.30. The van der Waals surface area contributed by atoms with E-state index < -0.39 is 0 Å². The zero-order valence-corrected chi connectivity index (χ0v) is 14.0. The van der Waals surface area contributed by atoms with Crippen molar-refractivity contribution in [3.8, 4) is 5.75 Å². The summed E-state index contributed by atoms with van der Waals surface area (Å²) in [5.41, 5.74) is 2.15. The van der Waals surface area contributed by atoms with Gasteiger partial charge < -0.3 is 9.15 Å². The van der Waals surface area contributed by atoms with Crippen molar-refractivity contribution in [2.75, 3.05) is 6.61 Å². The number of benzene rings is 1. The Morgan fingerprint density at radius 2 is 1.61 bits per heavy atom. The van der Waals surface area contributed by atoms with Crippen molar-refractivity contribution in [3.63, 3.8) is 0 Å². The maximum Gasteiger partial charge on any atom is 0.130 e. The zero-order valence-electron chi connectivity index (χ0n) is 14.0. The van der Waals surface area contributed by atoms with Gasteiger partial charge in [0.05, 0.1) is 28.4 Å². The summed E-state index contributed by atoms with van der Waals surface area (Å²) in [6.45, 7) is 8.61. The summed E-state index contributed by atoms with van der Waals surface area (Å²) < 4.78 is 11.6. The van der Waals surface area contributed by atoms with E-state index in [1.54, 1.807) is 0 Å². The van der Waals surface area contributed by atoms with Gasteiger partial charge in [0.2, 0.25) is 0 Å². The number of fused-ring (bicyclic) bond motifs is 1. The Balaban J connectivity index is 2.34. The Morgan fingerprint density at radius 1 is 0.913 bits per heavy atom. The van der Waals surface area contributed by atoms with Crippen molar-refractivity contribution in [3.05, 3.63) is 64.9 Å². The van der Waals surface area contributed by atoms with Crippen LogP contribution in [0.25, 0.3) is 10.8 Å². The first-order valence-electron chi connectivity index (χ1n) is 7.87. The third kappa shape index (κ3) is 3.00. The van der Waals surface area contributed by atoms with Crippen molar-refractivity contribution in [2.24, 2.45) is 4.99 Å². The Labute approximate surface area is 136 Å². The number of aryl methyl sites for hydroxylation is 3. The first-order valence-corrected chi connectivity index (χ1v) is 7.87. The quantitative estimate of drug-likeness (QED) is 0.683. The first-order chi connectivity index (χ1) is 11.1. The normalized spacial score (nSPS) is 11.9. The van der Waals surface area contributed by atoms with Crippen molar-refractivity contribution in [1.29, 1.82) is 0 Å². The molecule has 118 valence electrons. The van der Waals surface area contributed by atoms with Gasteiger partial charge in [-0.1, -0.05) is 23.8 Å². The highest BCUT2D eigenvalue weighted by molar-refractivity contribution is 5.91. The van der Waals surface area contributed by atoms with E-state index in [0.29, 0.717) is 6.61 Å². The molecule has 0 aliphatic heterocycles. The molecule has 0 aliphatic rings. The number of hydrogen-bond acceptors (Lipinski definition) is 3. The SMILES string of the molecule is CCOc1cccc(=Nc2ccc(C)cc2)c2c(C)oc(C)c12. The van der Waals surface area contributed by atoms with E-state index in [0.717, 1.165) is 39.1 Å². The standard InChI is InChI=1S/C20H21NO2/c1-5-22-18-8-6-7-17(19-14(3)23-15(4)20(18)19)21-16-11-9-13(2)10-12-16/h6-12H,5H2,1-4H3. The molecule has 0 fully saturated rings. The lowest BCUT2D eigenvalue weighted by atomic mass is 10.2. The summed E-state index contributed by atoms with van der Waals surface area (Å²) in [5, 5.41) is 2.90. The predicted octanol–water partition coefficient (Wildman–Crippen LogP) is 4.99. The molecule has 0 unspecified atom stereocenters. The molecule has 0 saturated carbocycles. The summed E-state index contributed by atoms with van der Waals surface area (Å²) in [6.07, 6.45) is 0. The van der Waals surface area contributed by atoms with Crippen LogP contribution in [0.5, 0.6) is 5.75 Å². The summed E-state index contributed by atoms with van der Waals surface area (Å²) in [7, 11) is 0. The fourth-order valence-corrected chi connectivity index (χ4v) is 2.81. The molecule has 2 aromatic carbocycles. The van der Waals surface area contributed by atoms with E-state index in [1.807, 2.05) is 51.1 Å². The van der Waals surface area contributed by atoms with Crippen molar-refractivity contribution < 1.29 is 9.15 Å². The van der Waals surface area contributed by atoms with Crippen molar-refractivity contribution in [1.82, 2.24) is 0 Å². The van der Waals surface area contributed by atoms with E-state index in [9.17, 15) is 0 Å². The lowest BCUT2D eigenvalue weighted by Crippen LogP contribution is -1.99. The number of rotatable bonds is 3. The molecule has 3 heteroatoms. The maximum atomic E-state index is 5.85. The van der Waals surface area contributed by atoms with Crippen LogP contribution in [0.15, 0.2) is 51.9 Å². The second-order valence-electron chi connectivity index (χ2n) is 5.62. The summed E-state index contributed by atoms with van der Waals surface area (Å²) >= 11 is 0. The third-order valence-corrected chi connectivity index (χ3v) is 3.85. The molecule has 0 amide bonds. The van der Waals surface area contributed by atoms with Crippen LogP contribution in [0.1, 0.15) is 24.0 Å². The van der Waals surface area contributed by atoms with Crippen LogP contribution in [0.2, 0.25) is 0 Å². The van der Waals surface area contributed by atoms with Gasteiger partial charge in [-0.25, -0.2) is 4.99 Å². The minimum atomic E-state index is 0.618. The van der Waals surface area contributed by atoms with Crippen molar-refractivity contribution >= 4 is 16.5 Å². The molecule has 23 heavy (non-hydrogen) atoms. The van der Waals surface area contributed by atoms with Crippen LogP contribution in [0.4, 0.5) is 5.69 Å². The van der Waals surface area contributed by atoms with E-state index in [-0.39, 0.29) is 0 Å². The molecule has 3 nitrogen and oxygen atoms in total. The zero-order chi connectivity index (χ0) is 16.4. The van der Waals surface area contributed by atoms with Gasteiger partial charge in [-0.15, -0.1) is 0 Å². The highest BCUT2D eigenvalue weighted by atomic mass is 16.5. The third-order valence-electron chi connectivity index (χ3n) is 3.85. The van der Waals surface area contributed by atoms with Gasteiger partial charge in [-0.05, 0) is 52.0 Å². The molecule has 0 spiro atoms. The fraction of sp³-hybridized carbons (Fsp3) is 0.250. The van der Waals surface area contributed by atoms with Gasteiger partial charge in [0, 0.05) is 0 Å². The summed E-state index contributed by atoms with van der Waals surface area (Å²) in [5.74, 6) is 2.56. The van der Waals surface area contributed by atoms with Crippen LogP contribution >= 0.6 is 0 Å². The number of hydrogen-bond donors (Lipinski definition) is 0. The molecule has 0 radical (unpaired) electrons. The summed E-state index contributed by atoms with van der Waals surface area (Å²) in [6, 6.07) is 14.2. The number of furan rings is 1. The second kappa shape index (κ2) is 6.29. The molecule has 0 N–H and O–H groups in total.